The van der Waals surface area contributed by atoms with E-state index in [4.69, 9.17) is 4.74 Å². The molecule has 0 aliphatic carbocycles. The van der Waals surface area contributed by atoms with Crippen molar-refractivity contribution in [2.75, 3.05) is 7.11 Å². The largest absolute Gasteiger partial charge is 0.744 e. The van der Waals surface area contributed by atoms with Crippen LogP contribution in [0.5, 0.6) is 0 Å². The average molecular weight is 597 g/mol. The monoisotopic (exact) mass is 596 g/mol. The number of hydrogen-bond acceptors (Lipinski definition) is 5. The van der Waals surface area contributed by atoms with Crippen LogP contribution in [0.1, 0.15) is 11.1 Å². The van der Waals surface area contributed by atoms with E-state index < -0.39 is 17.4 Å². The number of carbonyl (C=O) groups is 1. The smallest absolute Gasteiger partial charge is 0.348 e. The first-order valence-electron chi connectivity index (χ1n) is 13.5. The lowest BCUT2D eigenvalue weighted by molar-refractivity contribution is -0.140. The van der Waals surface area contributed by atoms with Crippen molar-refractivity contribution in [2.45, 2.75) is 23.9 Å². The van der Waals surface area contributed by atoms with Crippen LogP contribution in [-0.2, 0) is 26.1 Å². The SMILES string of the molecule is COC(=O)C(Cc1ccccc1)[P+](c1ccccc1)(c1ccccc1)c1ccccc1.Cc1ccc(S(=O)(=O)[O-])cc1. The molecular formula is C35H33O5PS. The predicted molar refractivity (Wildman–Crippen MR) is 170 cm³/mol. The zero-order valence-electron chi connectivity index (χ0n) is 23.5. The van der Waals surface area contributed by atoms with Gasteiger partial charge in [-0.25, -0.2) is 13.2 Å². The molecule has 42 heavy (non-hydrogen) atoms. The third kappa shape index (κ3) is 7.21. The fourth-order valence-corrected chi connectivity index (χ4v) is 10.3. The number of ether oxygens (including phenoxy) is 1. The van der Waals surface area contributed by atoms with Gasteiger partial charge in [-0.2, -0.15) is 0 Å². The van der Waals surface area contributed by atoms with E-state index >= 15 is 0 Å². The molecule has 0 aromatic heterocycles. The number of benzene rings is 5. The maximum absolute atomic E-state index is 13.5. The second kappa shape index (κ2) is 14.2. The molecule has 0 fully saturated rings. The van der Waals surface area contributed by atoms with Crippen LogP contribution in [0.2, 0.25) is 0 Å². The minimum Gasteiger partial charge on any atom is -0.744 e. The van der Waals surface area contributed by atoms with Crippen molar-refractivity contribution < 1.29 is 22.5 Å². The van der Waals surface area contributed by atoms with E-state index in [1.165, 1.54) is 35.2 Å². The van der Waals surface area contributed by atoms with E-state index in [0.29, 0.717) is 6.42 Å². The highest BCUT2D eigenvalue weighted by atomic mass is 32.2. The molecule has 0 aliphatic rings. The van der Waals surface area contributed by atoms with Gasteiger partial charge in [0, 0.05) is 6.42 Å². The van der Waals surface area contributed by atoms with Crippen LogP contribution in [0.25, 0.3) is 0 Å². The molecule has 1 unspecified atom stereocenters. The van der Waals surface area contributed by atoms with Gasteiger partial charge in [-0.3, -0.25) is 0 Å². The Morgan fingerprint density at radius 1 is 0.667 bits per heavy atom. The maximum Gasteiger partial charge on any atom is 0.348 e. The third-order valence-electron chi connectivity index (χ3n) is 7.01. The molecule has 5 nitrogen and oxygen atoms in total. The lowest BCUT2D eigenvalue weighted by Crippen LogP contribution is -2.44. The van der Waals surface area contributed by atoms with Crippen molar-refractivity contribution >= 4 is 39.3 Å². The Labute approximate surface area is 248 Å². The maximum atomic E-state index is 13.5. The van der Waals surface area contributed by atoms with Crippen LogP contribution in [-0.4, -0.2) is 31.7 Å². The summed E-state index contributed by atoms with van der Waals surface area (Å²) >= 11 is 0. The summed E-state index contributed by atoms with van der Waals surface area (Å²) in [6, 6.07) is 47.4. The summed E-state index contributed by atoms with van der Waals surface area (Å²) in [5.41, 5.74) is 1.72. The molecule has 5 aromatic rings. The second-order valence-electron chi connectivity index (χ2n) is 9.73. The number of hydrogen-bond donors (Lipinski definition) is 0. The summed E-state index contributed by atoms with van der Waals surface area (Å²) in [6.07, 6.45) is 0.611. The van der Waals surface area contributed by atoms with Crippen molar-refractivity contribution in [2.24, 2.45) is 0 Å². The fourth-order valence-electron chi connectivity index (χ4n) is 5.03. The molecule has 5 aromatic carbocycles. The van der Waals surface area contributed by atoms with Crippen LogP contribution in [0.3, 0.4) is 0 Å². The number of esters is 1. The van der Waals surface area contributed by atoms with E-state index in [0.717, 1.165) is 11.1 Å². The average Bonchev–Trinajstić information content (AvgIpc) is 3.03. The third-order valence-corrected chi connectivity index (χ3v) is 12.5. The molecule has 0 spiro atoms. The first-order valence-corrected chi connectivity index (χ1v) is 16.7. The van der Waals surface area contributed by atoms with E-state index in [-0.39, 0.29) is 16.5 Å². The standard InChI is InChI=1S/C28H26O2P.C7H8O3S/c1-30-28(29)27(22-23-14-6-2-7-15-23)31(24-16-8-3-9-17-24,25-18-10-4-11-19-25)26-20-12-5-13-21-26;1-6-2-4-7(5-3-6)11(8,9)10/h2-21,27H,22H2,1H3;2-5H,1H3,(H,8,9,10)/q+1;/p-1. The van der Waals surface area contributed by atoms with Gasteiger partial charge >= 0.3 is 5.97 Å². The highest BCUT2D eigenvalue weighted by Crippen LogP contribution is 2.60. The second-order valence-corrected chi connectivity index (χ2v) is 14.7. The number of carbonyl (C=O) groups excluding carboxylic acids is 1. The Balaban J connectivity index is 0.000000310. The molecule has 0 amide bonds. The molecule has 0 saturated carbocycles. The van der Waals surface area contributed by atoms with Gasteiger partial charge in [0.25, 0.3) is 0 Å². The summed E-state index contributed by atoms with van der Waals surface area (Å²) in [5.74, 6) is -0.172. The lowest BCUT2D eigenvalue weighted by atomic mass is 10.1. The van der Waals surface area contributed by atoms with Crippen molar-refractivity contribution in [3.05, 3.63) is 157 Å². The predicted octanol–water partition coefficient (Wildman–Crippen LogP) is 5.66. The number of aryl methyl sites for hydroxylation is 1. The molecule has 0 aliphatic heterocycles. The highest BCUT2D eigenvalue weighted by molar-refractivity contribution is 7.96. The molecule has 214 valence electrons. The van der Waals surface area contributed by atoms with E-state index in [9.17, 15) is 17.8 Å². The van der Waals surface area contributed by atoms with Crippen LogP contribution in [0.4, 0.5) is 0 Å². The summed E-state index contributed by atoms with van der Waals surface area (Å²) in [4.78, 5) is 13.3. The molecule has 0 heterocycles. The van der Waals surface area contributed by atoms with Gasteiger partial charge in [-0.05, 0) is 61.0 Å². The lowest BCUT2D eigenvalue weighted by Gasteiger charge is -2.33. The Morgan fingerprint density at radius 3 is 1.40 bits per heavy atom. The Morgan fingerprint density at radius 2 is 1.05 bits per heavy atom. The van der Waals surface area contributed by atoms with Crippen molar-refractivity contribution in [1.29, 1.82) is 0 Å². The minimum absolute atomic E-state index is 0.172. The Hall–Kier alpha value is -4.09. The zero-order chi connectivity index (χ0) is 30.0. The van der Waals surface area contributed by atoms with Gasteiger partial charge < -0.3 is 9.29 Å². The summed E-state index contributed by atoms with van der Waals surface area (Å²) in [7, 11) is -5.15. The normalized spacial score (nSPS) is 12.0. The fraction of sp³-hybridized carbons (Fsp3) is 0.114. The molecule has 1 atom stereocenters. The molecule has 0 saturated heterocycles. The van der Waals surface area contributed by atoms with Crippen molar-refractivity contribution in [3.63, 3.8) is 0 Å². The van der Waals surface area contributed by atoms with Gasteiger partial charge in [0.1, 0.15) is 33.3 Å². The quantitative estimate of drug-likeness (QED) is 0.131. The molecule has 5 rings (SSSR count). The molecule has 7 heteroatoms. The van der Waals surface area contributed by atoms with E-state index in [2.05, 4.69) is 84.9 Å². The van der Waals surface area contributed by atoms with Gasteiger partial charge in [-0.1, -0.05) is 103 Å². The first kappa shape index (κ1) is 30.9. The van der Waals surface area contributed by atoms with Crippen LogP contribution in [0.15, 0.2) is 150 Å². The Bertz CT molecular complexity index is 1560. The van der Waals surface area contributed by atoms with Gasteiger partial charge in [0.05, 0.1) is 12.0 Å². The minimum atomic E-state index is -4.27. The molecular weight excluding hydrogens is 563 g/mol. The van der Waals surface area contributed by atoms with Crippen LogP contribution < -0.4 is 15.9 Å². The summed E-state index contributed by atoms with van der Waals surface area (Å²) in [6.45, 7) is 1.82. The molecule has 0 bridgehead atoms. The van der Waals surface area contributed by atoms with Gasteiger partial charge in [-0.15, -0.1) is 0 Å². The van der Waals surface area contributed by atoms with Gasteiger partial charge in [0.2, 0.25) is 0 Å². The summed E-state index contributed by atoms with van der Waals surface area (Å²) < 4.78 is 36.6. The van der Waals surface area contributed by atoms with E-state index in [1.807, 2.05) is 43.3 Å². The first-order chi connectivity index (χ1) is 20.3. The molecule has 0 radical (unpaired) electrons. The van der Waals surface area contributed by atoms with E-state index in [1.54, 1.807) is 12.1 Å². The number of methoxy groups -OCH3 is 1. The van der Waals surface area contributed by atoms with Gasteiger partial charge in [0.15, 0.2) is 5.66 Å². The molecule has 0 N–H and O–H groups in total. The zero-order valence-corrected chi connectivity index (χ0v) is 25.2. The van der Waals surface area contributed by atoms with Crippen molar-refractivity contribution in [1.82, 2.24) is 0 Å². The highest BCUT2D eigenvalue weighted by Gasteiger charge is 2.56. The Kier molecular flexibility index (Phi) is 10.4. The topological polar surface area (TPSA) is 83.5 Å². The van der Waals surface area contributed by atoms with Crippen LogP contribution >= 0.6 is 7.26 Å². The van der Waals surface area contributed by atoms with Crippen molar-refractivity contribution in [3.8, 4) is 0 Å². The van der Waals surface area contributed by atoms with Crippen LogP contribution in [0, 0.1) is 6.92 Å². The number of rotatable bonds is 8. The summed E-state index contributed by atoms with van der Waals surface area (Å²) in [5, 5.41) is 3.54.